The van der Waals surface area contributed by atoms with Crippen LogP contribution in [0.5, 0.6) is 5.75 Å². The van der Waals surface area contributed by atoms with Crippen LogP contribution < -0.4 is 15.4 Å². The summed E-state index contributed by atoms with van der Waals surface area (Å²) in [6.45, 7) is 2.22. The maximum absolute atomic E-state index is 13.0. The third kappa shape index (κ3) is 6.96. The van der Waals surface area contributed by atoms with Crippen molar-refractivity contribution in [3.8, 4) is 5.75 Å². The largest absolute Gasteiger partial charge is 0.484 e. The van der Waals surface area contributed by atoms with Gasteiger partial charge >= 0.3 is 0 Å². The summed E-state index contributed by atoms with van der Waals surface area (Å²) in [4.78, 5) is 36.5. The lowest BCUT2D eigenvalue weighted by atomic mass is 10.2. The smallest absolute Gasteiger partial charge is 0.270 e. The van der Waals surface area contributed by atoms with Crippen LogP contribution in [0.2, 0.25) is 5.02 Å². The summed E-state index contributed by atoms with van der Waals surface area (Å²) in [7, 11) is 0. The zero-order valence-electron chi connectivity index (χ0n) is 17.5. The van der Waals surface area contributed by atoms with Crippen molar-refractivity contribution >= 4 is 46.6 Å². The molecule has 8 nitrogen and oxygen atoms in total. The van der Waals surface area contributed by atoms with E-state index in [4.69, 9.17) is 16.3 Å². The number of hydrogen-bond acceptors (Lipinski definition) is 6. The van der Waals surface area contributed by atoms with Gasteiger partial charge in [0.2, 0.25) is 0 Å². The number of amides is 2. The lowest BCUT2D eigenvalue weighted by molar-refractivity contribution is -0.384. The minimum atomic E-state index is -0.547. The monoisotopic (exact) mass is 485 g/mol. The maximum Gasteiger partial charge on any atom is 0.270 e. The van der Waals surface area contributed by atoms with Gasteiger partial charge in [-0.25, -0.2) is 0 Å². The van der Waals surface area contributed by atoms with Gasteiger partial charge in [-0.2, -0.15) is 0 Å². The zero-order valence-corrected chi connectivity index (χ0v) is 19.1. The van der Waals surface area contributed by atoms with Crippen molar-refractivity contribution < 1.29 is 19.2 Å². The number of likely N-dealkylation sites (N-methyl/N-ethyl adjacent to an activating group) is 1. The molecule has 33 heavy (non-hydrogen) atoms. The Hall–Kier alpha value is -3.56. The molecule has 0 aliphatic carbocycles. The molecule has 0 saturated carbocycles. The highest BCUT2D eigenvalue weighted by Crippen LogP contribution is 2.33. The summed E-state index contributed by atoms with van der Waals surface area (Å²) in [5, 5.41) is 17.2. The van der Waals surface area contributed by atoms with Gasteiger partial charge in [0.25, 0.3) is 17.5 Å². The first-order valence-corrected chi connectivity index (χ1v) is 11.1. The molecule has 2 amide bonds. The molecule has 0 spiro atoms. The van der Waals surface area contributed by atoms with Gasteiger partial charge in [-0.05, 0) is 61.5 Å². The molecule has 0 radical (unpaired) electrons. The van der Waals surface area contributed by atoms with Gasteiger partial charge in [-0.3, -0.25) is 19.7 Å². The van der Waals surface area contributed by atoms with Crippen LogP contribution in [-0.2, 0) is 4.79 Å². The van der Waals surface area contributed by atoms with Crippen molar-refractivity contribution in [2.24, 2.45) is 0 Å². The Morgan fingerprint density at radius 2 is 1.76 bits per heavy atom. The van der Waals surface area contributed by atoms with E-state index in [1.807, 2.05) is 6.92 Å². The quantitative estimate of drug-likeness (QED) is 0.319. The number of benzene rings is 3. The molecule has 0 heterocycles. The van der Waals surface area contributed by atoms with E-state index >= 15 is 0 Å². The zero-order chi connectivity index (χ0) is 23.8. The summed E-state index contributed by atoms with van der Waals surface area (Å²) >= 11 is 7.22. The maximum atomic E-state index is 13.0. The van der Waals surface area contributed by atoms with Crippen LogP contribution in [0.4, 0.5) is 11.4 Å². The number of hydrogen-bond donors (Lipinski definition) is 2. The fourth-order valence-electron chi connectivity index (χ4n) is 2.76. The highest BCUT2D eigenvalue weighted by molar-refractivity contribution is 7.99. The number of rotatable bonds is 9. The molecule has 2 N–H and O–H groups in total. The summed E-state index contributed by atoms with van der Waals surface area (Å²) < 4.78 is 5.39. The van der Waals surface area contributed by atoms with Gasteiger partial charge in [-0.1, -0.05) is 23.4 Å². The molecule has 3 aromatic carbocycles. The number of carbonyl (C=O) groups is 2. The van der Waals surface area contributed by atoms with Crippen molar-refractivity contribution in [3.63, 3.8) is 0 Å². The number of nitrogens with one attached hydrogen (secondary N) is 2. The van der Waals surface area contributed by atoms with E-state index < -0.39 is 10.8 Å². The predicted octanol–water partition coefficient (Wildman–Crippen LogP) is 5.17. The Labute approximate surface area is 199 Å². The number of nitro groups is 1. The molecule has 0 aromatic heterocycles. The van der Waals surface area contributed by atoms with Crippen LogP contribution in [-0.4, -0.2) is 29.9 Å². The van der Waals surface area contributed by atoms with Gasteiger partial charge in [0, 0.05) is 39.2 Å². The van der Waals surface area contributed by atoms with E-state index in [-0.39, 0.29) is 23.8 Å². The number of anilines is 1. The minimum Gasteiger partial charge on any atom is -0.484 e. The number of halogens is 1. The van der Waals surface area contributed by atoms with Crippen molar-refractivity contribution in [3.05, 3.63) is 87.4 Å². The summed E-state index contributed by atoms with van der Waals surface area (Å²) in [5.41, 5.74) is 0.453. The number of nitro benzene ring substituents is 1. The molecule has 0 bridgehead atoms. The van der Waals surface area contributed by atoms with Crippen molar-refractivity contribution in [1.82, 2.24) is 5.32 Å². The van der Waals surface area contributed by atoms with Crippen LogP contribution in [0.25, 0.3) is 0 Å². The SMILES string of the molecule is CCNC(=O)COc1ccc(NC(=O)c2cc([N+](=O)[O-])ccc2Sc2ccc(Cl)cc2)cc1. The Kier molecular flexibility index (Phi) is 8.28. The second-order valence-corrected chi connectivity index (χ2v) is 8.27. The molecule has 10 heteroatoms. The van der Waals surface area contributed by atoms with Crippen LogP contribution in [0.15, 0.2) is 76.5 Å². The summed E-state index contributed by atoms with van der Waals surface area (Å²) in [6, 6.07) is 17.7. The highest BCUT2D eigenvalue weighted by Gasteiger charge is 2.18. The van der Waals surface area contributed by atoms with E-state index in [1.54, 1.807) is 54.6 Å². The average molecular weight is 486 g/mol. The fraction of sp³-hybridized carbons (Fsp3) is 0.130. The minimum absolute atomic E-state index is 0.113. The first-order valence-electron chi connectivity index (χ1n) is 9.88. The Bertz CT molecular complexity index is 1150. The molecule has 0 saturated heterocycles. The lowest BCUT2D eigenvalue weighted by Crippen LogP contribution is -2.28. The third-order valence-corrected chi connectivity index (χ3v) is 5.65. The molecule has 170 valence electrons. The first kappa shape index (κ1) is 24.1. The second-order valence-electron chi connectivity index (χ2n) is 6.71. The van der Waals surface area contributed by atoms with Crippen molar-refractivity contribution in [1.29, 1.82) is 0 Å². The Balaban J connectivity index is 1.76. The van der Waals surface area contributed by atoms with Gasteiger partial charge in [0.1, 0.15) is 5.75 Å². The number of nitrogens with zero attached hydrogens (tertiary/aromatic N) is 1. The standard InChI is InChI=1S/C23H20ClN3O5S/c1-2-25-22(28)14-32-18-8-5-16(6-9-18)26-23(29)20-13-17(27(30)31)7-12-21(20)33-19-10-3-15(24)4-11-19/h3-13H,2,14H2,1H3,(H,25,28)(H,26,29). The number of ether oxygens (including phenoxy) is 1. The number of non-ortho nitro benzene ring substituents is 1. The van der Waals surface area contributed by atoms with Crippen LogP contribution >= 0.6 is 23.4 Å². The van der Waals surface area contributed by atoms with E-state index in [0.717, 1.165) is 4.90 Å². The lowest BCUT2D eigenvalue weighted by Gasteiger charge is -2.11. The van der Waals surface area contributed by atoms with Gasteiger partial charge in [0.15, 0.2) is 6.61 Å². The van der Waals surface area contributed by atoms with Gasteiger partial charge in [0.05, 0.1) is 10.5 Å². The fourth-order valence-corrected chi connectivity index (χ4v) is 3.81. The van der Waals surface area contributed by atoms with Crippen molar-refractivity contribution in [2.45, 2.75) is 16.7 Å². The third-order valence-electron chi connectivity index (χ3n) is 4.32. The Morgan fingerprint density at radius 3 is 2.39 bits per heavy atom. The van der Waals surface area contributed by atoms with Crippen molar-refractivity contribution in [2.75, 3.05) is 18.5 Å². The van der Waals surface area contributed by atoms with E-state index in [9.17, 15) is 19.7 Å². The Morgan fingerprint density at radius 1 is 1.06 bits per heavy atom. The molecule has 3 rings (SSSR count). The van der Waals surface area contributed by atoms with E-state index in [1.165, 1.54) is 23.9 Å². The highest BCUT2D eigenvalue weighted by atomic mass is 35.5. The summed E-state index contributed by atoms with van der Waals surface area (Å²) in [5.74, 6) is -0.258. The molecule has 0 fully saturated rings. The number of carbonyl (C=O) groups excluding carboxylic acids is 2. The second kappa shape index (κ2) is 11.3. The van der Waals surface area contributed by atoms with E-state index in [0.29, 0.717) is 27.9 Å². The molecular formula is C23H20ClN3O5S. The molecule has 0 aliphatic rings. The predicted molar refractivity (Wildman–Crippen MR) is 127 cm³/mol. The van der Waals surface area contributed by atoms with Gasteiger partial charge < -0.3 is 15.4 Å². The van der Waals surface area contributed by atoms with Gasteiger partial charge in [-0.15, -0.1) is 0 Å². The van der Waals surface area contributed by atoms with E-state index in [2.05, 4.69) is 10.6 Å². The first-order chi connectivity index (χ1) is 15.9. The van der Waals surface area contributed by atoms with Crippen LogP contribution in [0.3, 0.4) is 0 Å². The molecule has 0 atom stereocenters. The normalized spacial score (nSPS) is 10.4. The molecule has 0 unspecified atom stereocenters. The van der Waals surface area contributed by atoms with Crippen LogP contribution in [0, 0.1) is 10.1 Å². The average Bonchev–Trinajstić information content (AvgIpc) is 2.80. The molecule has 3 aromatic rings. The topological polar surface area (TPSA) is 111 Å². The van der Waals surface area contributed by atoms with Crippen LogP contribution in [0.1, 0.15) is 17.3 Å². The molecule has 0 aliphatic heterocycles. The summed E-state index contributed by atoms with van der Waals surface area (Å²) in [6.07, 6.45) is 0. The molecular weight excluding hydrogens is 466 g/mol.